The molecule has 28 heavy (non-hydrogen) atoms. The van der Waals surface area contributed by atoms with Crippen molar-refractivity contribution in [3.8, 4) is 5.75 Å². The number of phenolic OH excluding ortho intramolecular Hbond substituents is 1. The molecule has 0 bridgehead atoms. The van der Waals surface area contributed by atoms with Crippen molar-refractivity contribution in [2.24, 2.45) is 0 Å². The first kappa shape index (κ1) is 18.6. The molecule has 0 saturated carbocycles. The van der Waals surface area contributed by atoms with Gasteiger partial charge in [0, 0.05) is 16.3 Å². The summed E-state index contributed by atoms with van der Waals surface area (Å²) in [6.07, 6.45) is 3.04. The van der Waals surface area contributed by atoms with Crippen LogP contribution in [0.2, 0.25) is 5.02 Å². The summed E-state index contributed by atoms with van der Waals surface area (Å²) in [7, 11) is 0. The Labute approximate surface area is 170 Å². The van der Waals surface area contributed by atoms with Crippen molar-refractivity contribution in [3.63, 3.8) is 0 Å². The van der Waals surface area contributed by atoms with Crippen LogP contribution in [0.3, 0.4) is 0 Å². The highest BCUT2D eigenvalue weighted by atomic mass is 35.5. The molecule has 1 heterocycles. The van der Waals surface area contributed by atoms with Crippen molar-refractivity contribution in [2.75, 3.05) is 0 Å². The predicted octanol–water partition coefficient (Wildman–Crippen LogP) is 5.58. The first-order valence-electron chi connectivity index (χ1n) is 9.51. The van der Waals surface area contributed by atoms with E-state index in [4.69, 9.17) is 11.6 Å². The van der Waals surface area contributed by atoms with E-state index in [0.717, 1.165) is 28.8 Å². The average molecular weight is 391 g/mol. The van der Waals surface area contributed by atoms with Gasteiger partial charge in [-0.2, -0.15) is 0 Å². The molecule has 0 aliphatic carbocycles. The van der Waals surface area contributed by atoms with Crippen LogP contribution in [0.4, 0.5) is 0 Å². The molecule has 3 nitrogen and oxygen atoms in total. The van der Waals surface area contributed by atoms with Crippen LogP contribution in [0, 0.1) is 0 Å². The standard InChI is InChI=1S/C24H23ClN2O/c1-2-16-7-9-17(10-8-16)21-15-22(20-5-3-4-6-23(20)28)27-24(26-21)18-11-13-19(25)14-12-18/h3-15,22,24,26-28H,2H2,1H3. The second-order valence-electron chi connectivity index (χ2n) is 6.96. The fourth-order valence-corrected chi connectivity index (χ4v) is 3.63. The number of aryl methyl sites for hydroxylation is 1. The summed E-state index contributed by atoms with van der Waals surface area (Å²) in [6.45, 7) is 2.15. The van der Waals surface area contributed by atoms with Gasteiger partial charge in [-0.1, -0.05) is 73.1 Å². The smallest absolute Gasteiger partial charge is 0.120 e. The monoisotopic (exact) mass is 390 g/mol. The third kappa shape index (κ3) is 3.91. The van der Waals surface area contributed by atoms with Crippen molar-refractivity contribution in [1.29, 1.82) is 0 Å². The minimum Gasteiger partial charge on any atom is -0.508 e. The topological polar surface area (TPSA) is 44.3 Å². The maximum Gasteiger partial charge on any atom is 0.120 e. The Kier molecular flexibility index (Phi) is 5.38. The molecule has 3 aromatic rings. The average Bonchev–Trinajstić information content (AvgIpc) is 2.74. The van der Waals surface area contributed by atoms with Crippen molar-refractivity contribution in [1.82, 2.24) is 10.6 Å². The van der Waals surface area contributed by atoms with E-state index in [1.807, 2.05) is 42.5 Å². The van der Waals surface area contributed by atoms with Gasteiger partial charge in [-0.25, -0.2) is 0 Å². The van der Waals surface area contributed by atoms with Crippen molar-refractivity contribution < 1.29 is 5.11 Å². The Morgan fingerprint density at radius 1 is 0.929 bits per heavy atom. The lowest BCUT2D eigenvalue weighted by Crippen LogP contribution is -2.39. The molecule has 2 atom stereocenters. The summed E-state index contributed by atoms with van der Waals surface area (Å²) >= 11 is 6.06. The third-order valence-corrected chi connectivity index (χ3v) is 5.38. The van der Waals surface area contributed by atoms with Crippen molar-refractivity contribution in [2.45, 2.75) is 25.6 Å². The Hall–Kier alpha value is -2.75. The van der Waals surface area contributed by atoms with Crippen LogP contribution >= 0.6 is 11.6 Å². The Balaban J connectivity index is 1.73. The zero-order valence-corrected chi connectivity index (χ0v) is 16.4. The fourth-order valence-electron chi connectivity index (χ4n) is 3.50. The maximum absolute atomic E-state index is 10.4. The summed E-state index contributed by atoms with van der Waals surface area (Å²) in [6, 6.07) is 23.7. The Bertz CT molecular complexity index is 980. The van der Waals surface area contributed by atoms with Crippen LogP contribution < -0.4 is 10.6 Å². The largest absolute Gasteiger partial charge is 0.508 e. The summed E-state index contributed by atoms with van der Waals surface area (Å²) in [4.78, 5) is 0. The van der Waals surface area contributed by atoms with E-state index in [0.29, 0.717) is 5.02 Å². The minimum absolute atomic E-state index is 0.104. The van der Waals surface area contributed by atoms with E-state index < -0.39 is 0 Å². The molecule has 0 saturated heterocycles. The lowest BCUT2D eigenvalue weighted by atomic mass is 9.97. The highest BCUT2D eigenvalue weighted by molar-refractivity contribution is 6.30. The SMILES string of the molecule is CCc1ccc(C2=CC(c3ccccc3O)NC(c3ccc(Cl)cc3)N2)cc1. The Morgan fingerprint density at radius 2 is 1.64 bits per heavy atom. The Morgan fingerprint density at radius 3 is 2.32 bits per heavy atom. The zero-order chi connectivity index (χ0) is 19.5. The van der Waals surface area contributed by atoms with E-state index in [-0.39, 0.29) is 18.0 Å². The van der Waals surface area contributed by atoms with Crippen molar-refractivity contribution >= 4 is 17.3 Å². The van der Waals surface area contributed by atoms with Crippen LogP contribution in [-0.2, 0) is 6.42 Å². The molecule has 4 heteroatoms. The number of para-hydroxylation sites is 1. The van der Waals surface area contributed by atoms with Crippen LogP contribution in [0.5, 0.6) is 5.75 Å². The van der Waals surface area contributed by atoms with Gasteiger partial charge < -0.3 is 10.4 Å². The summed E-state index contributed by atoms with van der Waals surface area (Å²) in [5.41, 5.74) is 5.41. The fraction of sp³-hybridized carbons (Fsp3) is 0.167. The molecule has 0 spiro atoms. The molecular formula is C24H23ClN2O. The molecule has 0 amide bonds. The highest BCUT2D eigenvalue weighted by Crippen LogP contribution is 2.33. The number of nitrogens with one attached hydrogen (secondary N) is 2. The van der Waals surface area contributed by atoms with Gasteiger partial charge in [0.05, 0.1) is 6.04 Å². The summed E-state index contributed by atoms with van der Waals surface area (Å²) < 4.78 is 0. The predicted molar refractivity (Wildman–Crippen MR) is 115 cm³/mol. The summed E-state index contributed by atoms with van der Waals surface area (Å²) in [5, 5.41) is 18.3. The first-order valence-corrected chi connectivity index (χ1v) is 9.89. The molecule has 4 rings (SSSR count). The molecule has 0 aromatic heterocycles. The minimum atomic E-state index is -0.121. The van der Waals surface area contributed by atoms with Crippen LogP contribution in [-0.4, -0.2) is 5.11 Å². The van der Waals surface area contributed by atoms with Crippen LogP contribution in [0.1, 0.15) is 41.4 Å². The van der Waals surface area contributed by atoms with Gasteiger partial charge in [-0.05, 0) is 47.4 Å². The number of phenols is 1. The van der Waals surface area contributed by atoms with E-state index in [1.54, 1.807) is 6.07 Å². The number of hydrogen-bond donors (Lipinski definition) is 3. The normalized spacial score (nSPS) is 19.0. The highest BCUT2D eigenvalue weighted by Gasteiger charge is 2.25. The van der Waals surface area contributed by atoms with Gasteiger partial charge in [-0.3, -0.25) is 5.32 Å². The number of halogens is 1. The molecule has 2 unspecified atom stereocenters. The maximum atomic E-state index is 10.4. The molecule has 0 fully saturated rings. The van der Waals surface area contributed by atoms with Gasteiger partial charge in [0.25, 0.3) is 0 Å². The molecule has 0 radical (unpaired) electrons. The third-order valence-electron chi connectivity index (χ3n) is 5.13. The quantitative estimate of drug-likeness (QED) is 0.544. The van der Waals surface area contributed by atoms with E-state index in [9.17, 15) is 5.11 Å². The van der Waals surface area contributed by atoms with E-state index >= 15 is 0 Å². The number of rotatable bonds is 4. The van der Waals surface area contributed by atoms with E-state index in [1.165, 1.54) is 5.56 Å². The van der Waals surface area contributed by atoms with Crippen LogP contribution in [0.15, 0.2) is 78.9 Å². The molecule has 142 valence electrons. The molecule has 3 aromatic carbocycles. The zero-order valence-electron chi connectivity index (χ0n) is 15.7. The second kappa shape index (κ2) is 8.09. The molecule has 3 N–H and O–H groups in total. The lowest BCUT2D eigenvalue weighted by Gasteiger charge is -2.33. The first-order chi connectivity index (χ1) is 13.6. The van der Waals surface area contributed by atoms with Gasteiger partial charge in [0.2, 0.25) is 0 Å². The number of aromatic hydroxyl groups is 1. The molecule has 1 aliphatic rings. The van der Waals surface area contributed by atoms with Crippen LogP contribution in [0.25, 0.3) is 5.70 Å². The van der Waals surface area contributed by atoms with Gasteiger partial charge in [0.15, 0.2) is 0 Å². The van der Waals surface area contributed by atoms with E-state index in [2.05, 4.69) is 47.9 Å². The molecule has 1 aliphatic heterocycles. The lowest BCUT2D eigenvalue weighted by molar-refractivity contribution is 0.419. The van der Waals surface area contributed by atoms with Gasteiger partial charge in [-0.15, -0.1) is 0 Å². The summed E-state index contributed by atoms with van der Waals surface area (Å²) in [5.74, 6) is 0.286. The molecular weight excluding hydrogens is 368 g/mol. The second-order valence-corrected chi connectivity index (χ2v) is 7.40. The van der Waals surface area contributed by atoms with Gasteiger partial charge in [0.1, 0.15) is 11.9 Å². The van der Waals surface area contributed by atoms with Gasteiger partial charge >= 0.3 is 0 Å². The van der Waals surface area contributed by atoms with Crippen molar-refractivity contribution in [3.05, 3.63) is 106 Å². The number of hydrogen-bond acceptors (Lipinski definition) is 3. The number of benzene rings is 3.